The van der Waals surface area contributed by atoms with Gasteiger partial charge in [-0.05, 0) is 19.3 Å². The molecule has 1 rings (SSSR count). The third kappa shape index (κ3) is 4.15. The third-order valence-corrected chi connectivity index (χ3v) is 7.10. The lowest BCUT2D eigenvalue weighted by Crippen LogP contribution is -2.47. The van der Waals surface area contributed by atoms with Crippen molar-refractivity contribution >= 4 is 37.1 Å². The van der Waals surface area contributed by atoms with E-state index in [-0.39, 0.29) is 22.5 Å². The summed E-state index contributed by atoms with van der Waals surface area (Å²) in [5.74, 6) is 0.0358. The average Bonchev–Trinajstić information content (AvgIpc) is 2.21. The van der Waals surface area contributed by atoms with E-state index in [4.69, 9.17) is 18.0 Å². The minimum atomic E-state index is -3.62. The van der Waals surface area contributed by atoms with Crippen LogP contribution in [0.4, 0.5) is 0 Å². The van der Waals surface area contributed by atoms with Crippen molar-refractivity contribution in [3.63, 3.8) is 0 Å². The summed E-state index contributed by atoms with van der Waals surface area (Å²) in [6.07, 6.45) is 0.903. The van der Waals surface area contributed by atoms with Gasteiger partial charge in [-0.25, -0.2) is 21.6 Å². The first-order chi connectivity index (χ1) is 8.18. The van der Waals surface area contributed by atoms with E-state index in [1.807, 2.05) is 0 Å². The number of thiocarbonyl (C=S) groups is 1. The van der Waals surface area contributed by atoms with E-state index in [2.05, 4.69) is 4.72 Å². The summed E-state index contributed by atoms with van der Waals surface area (Å²) >= 11 is 4.73. The van der Waals surface area contributed by atoms with Crippen LogP contribution in [0, 0.1) is 0 Å². The number of hydrogen-bond acceptors (Lipinski definition) is 5. The van der Waals surface area contributed by atoms with Crippen LogP contribution in [0.25, 0.3) is 0 Å². The zero-order valence-electron chi connectivity index (χ0n) is 10.1. The minimum absolute atomic E-state index is 0.0179. The zero-order valence-corrected chi connectivity index (χ0v) is 12.6. The quantitative estimate of drug-likeness (QED) is 0.666. The van der Waals surface area contributed by atoms with E-state index < -0.39 is 25.1 Å². The molecule has 1 heterocycles. The molecule has 0 aromatic rings. The van der Waals surface area contributed by atoms with Crippen LogP contribution < -0.4 is 10.5 Å². The standard InChI is InChI=1S/C9H18N2O4S3/c1-2-8(9(10)16)18(14,15)11-7-3-5-17(12,13)6-4-7/h7-8,11H,2-6H2,1H3,(H2,10,16). The van der Waals surface area contributed by atoms with Crippen LogP contribution in [0.2, 0.25) is 0 Å². The van der Waals surface area contributed by atoms with Crippen LogP contribution in [0.15, 0.2) is 0 Å². The molecule has 3 N–H and O–H groups in total. The summed E-state index contributed by atoms with van der Waals surface area (Å²) < 4.78 is 49.0. The van der Waals surface area contributed by atoms with Crippen molar-refractivity contribution in [2.24, 2.45) is 5.73 Å². The lowest BCUT2D eigenvalue weighted by Gasteiger charge is -2.25. The van der Waals surface area contributed by atoms with E-state index in [1.165, 1.54) is 0 Å². The maximum absolute atomic E-state index is 12.0. The normalized spacial score (nSPS) is 22.5. The maximum Gasteiger partial charge on any atom is 0.221 e. The monoisotopic (exact) mass is 314 g/mol. The molecule has 0 aliphatic carbocycles. The Morgan fingerprint density at radius 3 is 2.33 bits per heavy atom. The molecule has 0 aromatic carbocycles. The molecular formula is C9H18N2O4S3. The predicted molar refractivity (Wildman–Crippen MR) is 74.6 cm³/mol. The molecule has 0 radical (unpaired) electrons. The highest BCUT2D eigenvalue weighted by Crippen LogP contribution is 2.15. The van der Waals surface area contributed by atoms with Gasteiger partial charge in [0.1, 0.15) is 15.1 Å². The van der Waals surface area contributed by atoms with Gasteiger partial charge in [0.25, 0.3) is 0 Å². The van der Waals surface area contributed by atoms with Gasteiger partial charge in [0.15, 0.2) is 0 Å². The Bertz CT molecular complexity index is 498. The molecule has 1 atom stereocenters. The first-order valence-corrected chi connectivity index (χ1v) is 9.46. The van der Waals surface area contributed by atoms with Gasteiger partial charge in [-0.1, -0.05) is 19.1 Å². The molecular weight excluding hydrogens is 296 g/mol. The fraction of sp³-hybridized carbons (Fsp3) is 0.889. The van der Waals surface area contributed by atoms with Gasteiger partial charge >= 0.3 is 0 Å². The third-order valence-electron chi connectivity index (χ3n) is 2.95. The van der Waals surface area contributed by atoms with Crippen molar-refractivity contribution in [3.8, 4) is 0 Å². The molecule has 0 bridgehead atoms. The van der Waals surface area contributed by atoms with Crippen LogP contribution in [0.5, 0.6) is 0 Å². The van der Waals surface area contributed by atoms with Crippen molar-refractivity contribution in [1.29, 1.82) is 0 Å². The van der Waals surface area contributed by atoms with Crippen molar-refractivity contribution < 1.29 is 16.8 Å². The summed E-state index contributed by atoms with van der Waals surface area (Å²) in [6.45, 7) is 1.69. The van der Waals surface area contributed by atoms with Gasteiger partial charge in [0.2, 0.25) is 10.0 Å². The van der Waals surface area contributed by atoms with Crippen molar-refractivity contribution in [3.05, 3.63) is 0 Å². The van der Waals surface area contributed by atoms with Crippen molar-refractivity contribution in [1.82, 2.24) is 4.72 Å². The van der Waals surface area contributed by atoms with Crippen LogP contribution in [-0.2, 0) is 19.9 Å². The summed E-state index contributed by atoms with van der Waals surface area (Å²) in [5.41, 5.74) is 5.40. The molecule has 9 heteroatoms. The first-order valence-electron chi connectivity index (χ1n) is 5.69. The van der Waals surface area contributed by atoms with Crippen LogP contribution in [0.1, 0.15) is 26.2 Å². The van der Waals surface area contributed by atoms with E-state index in [9.17, 15) is 16.8 Å². The molecule has 0 spiro atoms. The second kappa shape index (κ2) is 5.81. The molecule has 0 amide bonds. The Kier molecular flexibility index (Phi) is 5.10. The number of sulfone groups is 1. The molecule has 1 unspecified atom stereocenters. The molecule has 6 nitrogen and oxygen atoms in total. The Labute approximate surface area is 113 Å². The molecule has 18 heavy (non-hydrogen) atoms. The lowest BCUT2D eigenvalue weighted by atomic mass is 10.2. The van der Waals surface area contributed by atoms with Gasteiger partial charge in [0, 0.05) is 6.04 Å². The molecule has 106 valence electrons. The van der Waals surface area contributed by atoms with Gasteiger partial charge in [-0.3, -0.25) is 0 Å². The van der Waals surface area contributed by atoms with E-state index >= 15 is 0 Å². The second-order valence-electron chi connectivity index (χ2n) is 4.39. The molecule has 1 saturated heterocycles. The molecule has 1 aliphatic heterocycles. The molecule has 1 aliphatic rings. The lowest BCUT2D eigenvalue weighted by molar-refractivity contribution is 0.502. The number of hydrogen-bond donors (Lipinski definition) is 2. The molecule has 0 saturated carbocycles. The van der Waals surface area contributed by atoms with Crippen molar-refractivity contribution in [2.45, 2.75) is 37.5 Å². The summed E-state index contributed by atoms with van der Waals surface area (Å²) in [5, 5.41) is -0.897. The zero-order chi connectivity index (χ0) is 14.0. The van der Waals surface area contributed by atoms with Crippen LogP contribution >= 0.6 is 12.2 Å². The van der Waals surface area contributed by atoms with Crippen LogP contribution in [-0.4, -0.2) is 44.6 Å². The average molecular weight is 314 g/mol. The fourth-order valence-electron chi connectivity index (χ4n) is 1.90. The number of rotatable bonds is 5. The van der Waals surface area contributed by atoms with Gasteiger partial charge in [-0.2, -0.15) is 0 Å². The van der Waals surface area contributed by atoms with Crippen LogP contribution in [0.3, 0.4) is 0 Å². The van der Waals surface area contributed by atoms with Gasteiger partial charge in [0.05, 0.1) is 16.5 Å². The summed E-state index contributed by atoms with van der Waals surface area (Å²) in [7, 11) is -6.62. The second-order valence-corrected chi connectivity index (χ2v) is 9.06. The smallest absolute Gasteiger partial charge is 0.221 e. The first kappa shape index (κ1) is 15.8. The highest BCUT2D eigenvalue weighted by atomic mass is 32.2. The molecule has 1 fully saturated rings. The topological polar surface area (TPSA) is 106 Å². The number of sulfonamides is 1. The minimum Gasteiger partial charge on any atom is -0.392 e. The Morgan fingerprint density at radius 1 is 1.44 bits per heavy atom. The van der Waals surface area contributed by atoms with E-state index in [0.29, 0.717) is 19.3 Å². The predicted octanol–water partition coefficient (Wildman–Crippen LogP) is -0.452. The number of nitrogens with one attached hydrogen (secondary N) is 1. The van der Waals surface area contributed by atoms with E-state index in [0.717, 1.165) is 0 Å². The molecule has 0 aromatic heterocycles. The van der Waals surface area contributed by atoms with Gasteiger partial charge in [-0.15, -0.1) is 0 Å². The highest BCUT2D eigenvalue weighted by molar-refractivity contribution is 7.93. The SMILES string of the molecule is CCC(C(N)=S)S(=O)(=O)NC1CCS(=O)(=O)CC1. The largest absolute Gasteiger partial charge is 0.392 e. The summed E-state index contributed by atoms with van der Waals surface area (Å²) in [4.78, 5) is -0.0616. The van der Waals surface area contributed by atoms with E-state index in [1.54, 1.807) is 6.92 Å². The Balaban J connectivity index is 2.70. The summed E-state index contributed by atoms with van der Waals surface area (Å²) in [6, 6.07) is -0.345. The van der Waals surface area contributed by atoms with Gasteiger partial charge < -0.3 is 5.73 Å². The van der Waals surface area contributed by atoms with Crippen molar-refractivity contribution in [2.75, 3.05) is 11.5 Å². The highest BCUT2D eigenvalue weighted by Gasteiger charge is 2.31. The number of nitrogens with two attached hydrogens (primary N) is 1. The Morgan fingerprint density at radius 2 is 1.94 bits per heavy atom. The maximum atomic E-state index is 12.0. The Hall–Kier alpha value is -0.250. The fourth-order valence-corrected chi connectivity index (χ4v) is 5.54.